The molecule has 0 nitrogen and oxygen atoms in total. The topological polar surface area (TPSA) is 0 Å². The molecule has 0 saturated heterocycles. The molecule has 0 aliphatic carbocycles. The predicted octanol–water partition coefficient (Wildman–Crippen LogP) is 4.12. The highest BCUT2D eigenvalue weighted by molar-refractivity contribution is 5.25. The minimum absolute atomic E-state index is 0.935. The van der Waals surface area contributed by atoms with Gasteiger partial charge in [-0.2, -0.15) is 0 Å². The van der Waals surface area contributed by atoms with Crippen LogP contribution in [0, 0.1) is 19.3 Å². The quantitative estimate of drug-likeness (QED) is 0.478. The van der Waals surface area contributed by atoms with Crippen molar-refractivity contribution < 1.29 is 0 Å². The fourth-order valence-electron chi connectivity index (χ4n) is 1.79. The fourth-order valence-corrected chi connectivity index (χ4v) is 1.79. The first-order valence-corrected chi connectivity index (χ1v) is 5.82. The molecular formula is C15H20. The first-order chi connectivity index (χ1) is 7.34. The van der Waals surface area contributed by atoms with Crippen LogP contribution >= 0.6 is 0 Å². The predicted molar refractivity (Wildman–Crippen MR) is 66.8 cm³/mol. The van der Waals surface area contributed by atoms with Crippen molar-refractivity contribution in [1.29, 1.82) is 0 Å². The Hall–Kier alpha value is -1.22. The van der Waals surface area contributed by atoms with E-state index in [1.807, 2.05) is 0 Å². The van der Waals surface area contributed by atoms with Gasteiger partial charge in [0.15, 0.2) is 0 Å². The van der Waals surface area contributed by atoms with E-state index in [-0.39, 0.29) is 0 Å². The van der Waals surface area contributed by atoms with Crippen LogP contribution in [0.15, 0.2) is 24.3 Å². The van der Waals surface area contributed by atoms with Crippen LogP contribution in [0.5, 0.6) is 0 Å². The second kappa shape index (κ2) is 7.12. The monoisotopic (exact) mass is 200 g/mol. The van der Waals surface area contributed by atoms with Crippen LogP contribution in [0.2, 0.25) is 0 Å². The molecule has 15 heavy (non-hydrogen) atoms. The molecule has 1 aromatic carbocycles. The van der Waals surface area contributed by atoms with Gasteiger partial charge in [0.1, 0.15) is 0 Å². The molecule has 80 valence electrons. The normalized spacial score (nSPS) is 9.87. The largest absolute Gasteiger partial charge is 0.120 e. The Kier molecular flexibility index (Phi) is 5.63. The fraction of sp³-hybridized carbons (Fsp3) is 0.467. The number of aryl methyl sites for hydroxylation is 2. The number of benzene rings is 1. The van der Waals surface area contributed by atoms with E-state index in [4.69, 9.17) is 6.42 Å². The zero-order chi connectivity index (χ0) is 10.9. The zero-order valence-electron chi connectivity index (χ0n) is 9.63. The molecule has 0 amide bonds. The molecule has 0 heterocycles. The third kappa shape index (κ3) is 4.70. The van der Waals surface area contributed by atoms with Crippen LogP contribution in [-0.2, 0) is 6.42 Å². The Bertz CT molecular complexity index is 317. The van der Waals surface area contributed by atoms with Crippen molar-refractivity contribution in [3.63, 3.8) is 0 Å². The molecule has 1 aromatic rings. The van der Waals surface area contributed by atoms with E-state index in [1.54, 1.807) is 0 Å². The van der Waals surface area contributed by atoms with E-state index in [0.717, 1.165) is 6.42 Å². The summed E-state index contributed by atoms with van der Waals surface area (Å²) < 4.78 is 0. The summed E-state index contributed by atoms with van der Waals surface area (Å²) in [5, 5.41) is 0. The first kappa shape index (κ1) is 11.9. The molecule has 0 heteroatoms. The molecule has 0 aliphatic heterocycles. The van der Waals surface area contributed by atoms with Gasteiger partial charge in [0.25, 0.3) is 0 Å². The average molecular weight is 200 g/mol. The van der Waals surface area contributed by atoms with E-state index in [9.17, 15) is 0 Å². The lowest BCUT2D eigenvalue weighted by Gasteiger charge is -2.04. The van der Waals surface area contributed by atoms with Crippen LogP contribution in [-0.4, -0.2) is 0 Å². The van der Waals surface area contributed by atoms with E-state index in [2.05, 4.69) is 37.1 Å². The van der Waals surface area contributed by atoms with Gasteiger partial charge >= 0.3 is 0 Å². The number of hydrogen-bond donors (Lipinski definition) is 0. The van der Waals surface area contributed by atoms with Crippen molar-refractivity contribution in [2.45, 2.75) is 45.4 Å². The van der Waals surface area contributed by atoms with Gasteiger partial charge in [0.05, 0.1) is 0 Å². The van der Waals surface area contributed by atoms with E-state index >= 15 is 0 Å². The molecule has 0 bridgehead atoms. The highest BCUT2D eigenvalue weighted by Crippen LogP contribution is 2.12. The van der Waals surface area contributed by atoms with Crippen molar-refractivity contribution in [2.24, 2.45) is 0 Å². The van der Waals surface area contributed by atoms with Crippen molar-refractivity contribution in [2.75, 3.05) is 0 Å². The lowest BCUT2D eigenvalue weighted by atomic mass is 10.0. The van der Waals surface area contributed by atoms with Crippen LogP contribution < -0.4 is 0 Å². The maximum Gasteiger partial charge on any atom is 0.00860 e. The minimum atomic E-state index is 0.935. The number of rotatable bonds is 6. The smallest absolute Gasteiger partial charge is 0.00860 e. The van der Waals surface area contributed by atoms with Gasteiger partial charge in [-0.15, -0.1) is 12.3 Å². The van der Waals surface area contributed by atoms with Crippen molar-refractivity contribution in [3.05, 3.63) is 35.4 Å². The molecule has 1 rings (SSSR count). The van der Waals surface area contributed by atoms with Gasteiger partial charge in [-0.05, 0) is 37.3 Å². The van der Waals surface area contributed by atoms with Crippen LogP contribution in [0.3, 0.4) is 0 Å². The summed E-state index contributed by atoms with van der Waals surface area (Å²) in [5.74, 6) is 2.69. The van der Waals surface area contributed by atoms with Gasteiger partial charge in [0, 0.05) is 6.42 Å². The minimum Gasteiger partial charge on any atom is -0.120 e. The van der Waals surface area contributed by atoms with Crippen LogP contribution in [0.1, 0.15) is 43.2 Å². The van der Waals surface area contributed by atoms with E-state index in [1.165, 1.54) is 43.2 Å². The van der Waals surface area contributed by atoms with Gasteiger partial charge < -0.3 is 0 Å². The van der Waals surface area contributed by atoms with Crippen molar-refractivity contribution in [3.8, 4) is 12.3 Å². The molecule has 0 aromatic heterocycles. The highest BCUT2D eigenvalue weighted by Gasteiger charge is 1.96. The summed E-state index contributed by atoms with van der Waals surface area (Å²) in [6.45, 7) is 2.19. The Morgan fingerprint density at radius 3 is 2.53 bits per heavy atom. The second-order valence-corrected chi connectivity index (χ2v) is 4.04. The molecule has 0 unspecified atom stereocenters. The van der Waals surface area contributed by atoms with Gasteiger partial charge in [0.2, 0.25) is 0 Å². The maximum absolute atomic E-state index is 5.20. The summed E-state index contributed by atoms with van der Waals surface area (Å²) in [7, 11) is 0. The molecule has 0 spiro atoms. The summed E-state index contributed by atoms with van der Waals surface area (Å²) >= 11 is 0. The van der Waals surface area contributed by atoms with Crippen LogP contribution in [0.25, 0.3) is 0 Å². The molecule has 0 atom stereocenters. The summed E-state index contributed by atoms with van der Waals surface area (Å²) in [5.41, 5.74) is 2.91. The lowest BCUT2D eigenvalue weighted by molar-refractivity contribution is 0.649. The van der Waals surface area contributed by atoms with E-state index in [0.29, 0.717) is 0 Å². The van der Waals surface area contributed by atoms with Gasteiger partial charge in [-0.25, -0.2) is 0 Å². The molecule has 0 fully saturated rings. The van der Waals surface area contributed by atoms with Gasteiger partial charge in [-0.3, -0.25) is 0 Å². The maximum atomic E-state index is 5.20. The Morgan fingerprint density at radius 2 is 1.80 bits per heavy atom. The summed E-state index contributed by atoms with van der Waals surface area (Å²) in [6.07, 6.45) is 12.4. The van der Waals surface area contributed by atoms with Crippen LogP contribution in [0.4, 0.5) is 0 Å². The molecule has 0 saturated carbocycles. The van der Waals surface area contributed by atoms with Crippen molar-refractivity contribution >= 4 is 0 Å². The molecular weight excluding hydrogens is 180 g/mol. The number of terminal acetylenes is 1. The van der Waals surface area contributed by atoms with Gasteiger partial charge in [-0.1, -0.05) is 37.1 Å². The Morgan fingerprint density at radius 1 is 1.07 bits per heavy atom. The number of hydrogen-bond acceptors (Lipinski definition) is 0. The summed E-state index contributed by atoms with van der Waals surface area (Å²) in [4.78, 5) is 0. The lowest BCUT2D eigenvalue weighted by Crippen LogP contribution is -1.89. The zero-order valence-corrected chi connectivity index (χ0v) is 9.63. The van der Waals surface area contributed by atoms with E-state index < -0.39 is 0 Å². The molecule has 0 aliphatic rings. The standard InChI is InChI=1S/C15H20/c1-3-4-5-6-7-8-12-15-13-10-9-11-14(15)2/h1,9-11,13H,4-8,12H2,2H3. The SMILES string of the molecule is C#CCCCCCCc1ccccc1C. The highest BCUT2D eigenvalue weighted by atomic mass is 14.0. The number of unbranched alkanes of at least 4 members (excludes halogenated alkanes) is 4. The molecule has 0 N–H and O–H groups in total. The summed E-state index contributed by atoms with van der Waals surface area (Å²) in [6, 6.07) is 8.65. The second-order valence-electron chi connectivity index (χ2n) is 4.04. The Balaban J connectivity index is 2.16. The first-order valence-electron chi connectivity index (χ1n) is 5.82. The third-order valence-electron chi connectivity index (χ3n) is 2.78. The van der Waals surface area contributed by atoms with Crippen molar-refractivity contribution in [1.82, 2.24) is 0 Å². The third-order valence-corrected chi connectivity index (χ3v) is 2.78. The molecule has 0 radical (unpaired) electrons. The Labute approximate surface area is 93.7 Å². The average Bonchev–Trinajstić information content (AvgIpc) is 2.25.